The van der Waals surface area contributed by atoms with Crippen LogP contribution in [0, 0.1) is 0 Å². The van der Waals surface area contributed by atoms with E-state index in [1.54, 1.807) is 33.8 Å². The second kappa shape index (κ2) is 9.47. The van der Waals surface area contributed by atoms with Crippen LogP contribution < -0.4 is 5.32 Å². The standard InChI is InChI=1S/C23H17N5OS3/c29-21(24-22-25-26-23(32-22)31-15-16-8-3-1-4-9-16)19-14-18(20-12-7-13-30-20)27-28(19)17-10-5-2-6-11-17/h1-14H,15H2,(H,24,25,29). The first kappa shape index (κ1) is 20.6. The van der Waals surface area contributed by atoms with Gasteiger partial charge in [-0.25, -0.2) is 4.68 Å². The molecule has 2 aromatic carbocycles. The highest BCUT2D eigenvalue weighted by Gasteiger charge is 2.19. The van der Waals surface area contributed by atoms with E-state index in [1.807, 2.05) is 66.0 Å². The summed E-state index contributed by atoms with van der Waals surface area (Å²) in [7, 11) is 0. The zero-order valence-electron chi connectivity index (χ0n) is 16.7. The van der Waals surface area contributed by atoms with Crippen molar-refractivity contribution < 1.29 is 4.79 Å². The summed E-state index contributed by atoms with van der Waals surface area (Å²) >= 11 is 4.54. The SMILES string of the molecule is O=C(Nc1nnc(SCc2ccccc2)s1)c1cc(-c2cccs2)nn1-c1ccccc1. The Bertz CT molecular complexity index is 1310. The molecule has 0 saturated carbocycles. The number of amides is 1. The third-order valence-corrected chi connectivity index (χ3v) is 7.48. The van der Waals surface area contributed by atoms with Crippen LogP contribution in [0.25, 0.3) is 16.3 Å². The maximum absolute atomic E-state index is 13.1. The van der Waals surface area contributed by atoms with Crippen LogP contribution in [0.1, 0.15) is 16.1 Å². The van der Waals surface area contributed by atoms with Crippen LogP contribution in [0.2, 0.25) is 0 Å². The van der Waals surface area contributed by atoms with E-state index in [2.05, 4.69) is 32.7 Å². The number of benzene rings is 2. The lowest BCUT2D eigenvalue weighted by Crippen LogP contribution is -2.16. The number of thioether (sulfide) groups is 1. The smallest absolute Gasteiger partial charge is 0.276 e. The monoisotopic (exact) mass is 475 g/mol. The maximum atomic E-state index is 13.1. The summed E-state index contributed by atoms with van der Waals surface area (Å²) in [4.78, 5) is 14.1. The van der Waals surface area contributed by atoms with Crippen molar-refractivity contribution in [3.05, 3.63) is 95.5 Å². The molecule has 158 valence electrons. The molecule has 5 aromatic rings. The van der Waals surface area contributed by atoms with Gasteiger partial charge in [-0.1, -0.05) is 77.7 Å². The Kier molecular flexibility index (Phi) is 6.11. The van der Waals surface area contributed by atoms with E-state index < -0.39 is 0 Å². The third kappa shape index (κ3) is 4.64. The van der Waals surface area contributed by atoms with Crippen LogP contribution in [-0.2, 0) is 5.75 Å². The number of carbonyl (C=O) groups is 1. The van der Waals surface area contributed by atoms with Crippen LogP contribution in [0.15, 0.2) is 88.6 Å². The molecule has 0 atom stereocenters. The molecule has 3 aromatic heterocycles. The number of rotatable bonds is 7. The first-order valence-electron chi connectivity index (χ1n) is 9.77. The van der Waals surface area contributed by atoms with E-state index in [1.165, 1.54) is 16.9 Å². The third-order valence-electron chi connectivity index (χ3n) is 4.55. The summed E-state index contributed by atoms with van der Waals surface area (Å²) in [6.45, 7) is 0. The zero-order chi connectivity index (χ0) is 21.8. The Morgan fingerprint density at radius 3 is 2.50 bits per heavy atom. The average molecular weight is 476 g/mol. The van der Waals surface area contributed by atoms with Crippen LogP contribution >= 0.6 is 34.4 Å². The molecule has 0 aliphatic rings. The minimum Gasteiger partial charge on any atom is -0.295 e. The summed E-state index contributed by atoms with van der Waals surface area (Å²) in [6.07, 6.45) is 0. The first-order chi connectivity index (χ1) is 15.8. The highest BCUT2D eigenvalue weighted by Crippen LogP contribution is 2.29. The molecule has 6 nitrogen and oxygen atoms in total. The minimum absolute atomic E-state index is 0.278. The maximum Gasteiger partial charge on any atom is 0.276 e. The fourth-order valence-electron chi connectivity index (χ4n) is 3.05. The van der Waals surface area contributed by atoms with E-state index in [0.717, 1.165) is 26.4 Å². The van der Waals surface area contributed by atoms with Gasteiger partial charge < -0.3 is 0 Å². The van der Waals surface area contributed by atoms with Gasteiger partial charge in [-0.2, -0.15) is 5.10 Å². The first-order valence-corrected chi connectivity index (χ1v) is 12.5. The lowest BCUT2D eigenvalue weighted by Gasteiger charge is -2.06. The van der Waals surface area contributed by atoms with Crippen molar-refractivity contribution in [1.82, 2.24) is 20.0 Å². The van der Waals surface area contributed by atoms with Gasteiger partial charge in [0, 0.05) is 5.75 Å². The molecule has 0 fully saturated rings. The van der Waals surface area contributed by atoms with Crippen molar-refractivity contribution in [3.63, 3.8) is 0 Å². The molecule has 0 spiro atoms. The summed E-state index contributed by atoms with van der Waals surface area (Å²) in [5.74, 6) is 0.522. The number of para-hydroxylation sites is 1. The largest absolute Gasteiger partial charge is 0.295 e. The number of hydrogen-bond acceptors (Lipinski definition) is 7. The molecule has 0 aliphatic carbocycles. The topological polar surface area (TPSA) is 72.7 Å². The molecule has 0 aliphatic heterocycles. The van der Waals surface area contributed by atoms with Crippen molar-refractivity contribution in [2.75, 3.05) is 5.32 Å². The fourth-order valence-corrected chi connectivity index (χ4v) is 5.44. The van der Waals surface area contributed by atoms with E-state index in [9.17, 15) is 4.79 Å². The predicted octanol–water partition coefficient (Wildman–Crippen LogP) is 6.00. The Hall–Kier alpha value is -3.27. The van der Waals surface area contributed by atoms with Gasteiger partial charge in [0.05, 0.1) is 10.6 Å². The van der Waals surface area contributed by atoms with Crippen molar-refractivity contribution in [2.45, 2.75) is 10.1 Å². The van der Waals surface area contributed by atoms with Crippen molar-refractivity contribution >= 4 is 45.5 Å². The number of carbonyl (C=O) groups excluding carboxylic acids is 1. The van der Waals surface area contributed by atoms with E-state index in [-0.39, 0.29) is 5.91 Å². The van der Waals surface area contributed by atoms with E-state index in [0.29, 0.717) is 10.8 Å². The quantitative estimate of drug-likeness (QED) is 0.231. The molecular weight excluding hydrogens is 458 g/mol. The van der Waals surface area contributed by atoms with E-state index in [4.69, 9.17) is 0 Å². The molecule has 0 radical (unpaired) electrons. The van der Waals surface area contributed by atoms with Crippen LogP contribution in [0.4, 0.5) is 5.13 Å². The highest BCUT2D eigenvalue weighted by atomic mass is 32.2. The van der Waals surface area contributed by atoms with Gasteiger partial charge in [-0.15, -0.1) is 21.5 Å². The Balaban J connectivity index is 1.36. The number of nitrogens with one attached hydrogen (secondary N) is 1. The van der Waals surface area contributed by atoms with Gasteiger partial charge in [0.25, 0.3) is 5.91 Å². The fraction of sp³-hybridized carbons (Fsp3) is 0.0435. The summed E-state index contributed by atoms with van der Waals surface area (Å²) in [6, 6.07) is 25.6. The van der Waals surface area contributed by atoms with Crippen molar-refractivity contribution in [1.29, 1.82) is 0 Å². The molecule has 9 heteroatoms. The Morgan fingerprint density at radius 1 is 0.969 bits per heavy atom. The van der Waals surface area contributed by atoms with Crippen molar-refractivity contribution in [3.8, 4) is 16.3 Å². The summed E-state index contributed by atoms with van der Waals surface area (Å²) in [5.41, 5.74) is 3.22. The number of anilines is 1. The summed E-state index contributed by atoms with van der Waals surface area (Å²) < 4.78 is 2.47. The van der Waals surface area contributed by atoms with Crippen molar-refractivity contribution in [2.24, 2.45) is 0 Å². The molecule has 32 heavy (non-hydrogen) atoms. The molecule has 1 N–H and O–H groups in total. The van der Waals surface area contributed by atoms with Gasteiger partial charge in [0.15, 0.2) is 4.34 Å². The molecule has 5 rings (SSSR count). The molecular formula is C23H17N5OS3. The van der Waals surface area contributed by atoms with Gasteiger partial charge in [-0.3, -0.25) is 10.1 Å². The number of thiophene rings is 1. The molecule has 0 saturated heterocycles. The molecule has 0 unspecified atom stereocenters. The van der Waals surface area contributed by atoms with Gasteiger partial charge >= 0.3 is 0 Å². The van der Waals surface area contributed by atoms with E-state index >= 15 is 0 Å². The number of nitrogens with zero attached hydrogens (tertiary/aromatic N) is 4. The Labute approximate surface area is 197 Å². The lowest BCUT2D eigenvalue weighted by molar-refractivity contribution is 0.101. The zero-order valence-corrected chi connectivity index (χ0v) is 19.2. The summed E-state index contributed by atoms with van der Waals surface area (Å²) in [5, 5.41) is 18.4. The van der Waals surface area contributed by atoms with Gasteiger partial charge in [0.2, 0.25) is 5.13 Å². The predicted molar refractivity (Wildman–Crippen MR) is 131 cm³/mol. The highest BCUT2D eigenvalue weighted by molar-refractivity contribution is 8.00. The number of hydrogen-bond donors (Lipinski definition) is 1. The van der Waals surface area contributed by atoms with Crippen LogP contribution in [-0.4, -0.2) is 25.9 Å². The second-order valence-electron chi connectivity index (χ2n) is 6.74. The normalized spacial score (nSPS) is 10.9. The minimum atomic E-state index is -0.278. The van der Waals surface area contributed by atoms with Gasteiger partial charge in [-0.05, 0) is 35.2 Å². The molecule has 3 heterocycles. The second-order valence-corrected chi connectivity index (χ2v) is 9.89. The number of aromatic nitrogens is 4. The van der Waals surface area contributed by atoms with Gasteiger partial charge in [0.1, 0.15) is 11.4 Å². The molecule has 1 amide bonds. The lowest BCUT2D eigenvalue weighted by atomic mass is 10.2. The van der Waals surface area contributed by atoms with Crippen LogP contribution in [0.5, 0.6) is 0 Å². The molecule has 0 bridgehead atoms. The van der Waals surface area contributed by atoms with Crippen LogP contribution in [0.3, 0.4) is 0 Å². The average Bonchev–Trinajstić information content (AvgIpc) is 3.59. The Morgan fingerprint density at radius 2 is 1.75 bits per heavy atom.